The molecule has 19 heavy (non-hydrogen) atoms. The number of hydrogen-bond acceptors (Lipinski definition) is 4. The van der Waals surface area contributed by atoms with Crippen LogP contribution < -0.4 is 5.56 Å². The fourth-order valence-electron chi connectivity index (χ4n) is 1.46. The number of aromatic nitrogens is 2. The molecule has 1 aromatic heterocycles. The van der Waals surface area contributed by atoms with Crippen LogP contribution in [-0.2, 0) is 0 Å². The molecule has 2 rings (SSSR count). The van der Waals surface area contributed by atoms with E-state index in [1.165, 1.54) is 11.8 Å². The van der Waals surface area contributed by atoms with Gasteiger partial charge in [0.2, 0.25) is 0 Å². The Kier molecular flexibility index (Phi) is 5.83. The van der Waals surface area contributed by atoms with Gasteiger partial charge >= 0.3 is 0 Å². The highest BCUT2D eigenvalue weighted by atomic mass is 32.2. The maximum atomic E-state index is 11.7. The Morgan fingerprint density at radius 3 is 2.42 bits per heavy atom. The molecule has 5 heteroatoms. The van der Waals surface area contributed by atoms with Crippen LogP contribution in [0.2, 0.25) is 0 Å². The van der Waals surface area contributed by atoms with Gasteiger partial charge in [0, 0.05) is 5.56 Å². The van der Waals surface area contributed by atoms with Crippen LogP contribution in [0.3, 0.4) is 0 Å². The van der Waals surface area contributed by atoms with Gasteiger partial charge in [0.1, 0.15) is 11.6 Å². The molecule has 1 heterocycles. The summed E-state index contributed by atoms with van der Waals surface area (Å²) in [6.07, 6.45) is 1.82. The monoisotopic (exact) mass is 273 g/mol. The van der Waals surface area contributed by atoms with Crippen molar-refractivity contribution in [1.29, 1.82) is 5.26 Å². The van der Waals surface area contributed by atoms with Crippen LogP contribution >= 0.6 is 11.8 Å². The molecular weight excluding hydrogens is 258 g/mol. The Hall–Kier alpha value is -2.06. The zero-order valence-electron chi connectivity index (χ0n) is 11.1. The molecule has 0 saturated heterocycles. The van der Waals surface area contributed by atoms with E-state index >= 15 is 0 Å². The van der Waals surface area contributed by atoms with Crippen LogP contribution in [0.25, 0.3) is 11.3 Å². The van der Waals surface area contributed by atoms with Crippen molar-refractivity contribution in [3.05, 3.63) is 46.2 Å². The zero-order chi connectivity index (χ0) is 14.3. The molecule has 0 atom stereocenters. The number of nitriles is 1. The largest absolute Gasteiger partial charge is 0.300 e. The van der Waals surface area contributed by atoms with Crippen molar-refractivity contribution in [3.63, 3.8) is 0 Å². The van der Waals surface area contributed by atoms with Crippen LogP contribution in [0.5, 0.6) is 0 Å². The minimum atomic E-state index is -0.397. The average Bonchev–Trinajstić information content (AvgIpc) is 2.49. The van der Waals surface area contributed by atoms with Crippen molar-refractivity contribution in [2.45, 2.75) is 19.0 Å². The molecule has 1 N–H and O–H groups in total. The number of rotatable bonds is 2. The van der Waals surface area contributed by atoms with E-state index in [0.717, 1.165) is 5.56 Å². The number of thioether (sulfide) groups is 1. The minimum absolute atomic E-state index is 0.0500. The van der Waals surface area contributed by atoms with Crippen LogP contribution in [-0.4, -0.2) is 16.2 Å². The average molecular weight is 273 g/mol. The number of H-pyrrole nitrogens is 1. The van der Waals surface area contributed by atoms with E-state index in [0.29, 0.717) is 10.9 Å². The van der Waals surface area contributed by atoms with Gasteiger partial charge in [-0.3, -0.25) is 4.79 Å². The Morgan fingerprint density at radius 2 is 1.89 bits per heavy atom. The summed E-state index contributed by atoms with van der Waals surface area (Å²) in [5, 5.41) is 9.51. The number of benzene rings is 1. The van der Waals surface area contributed by atoms with Gasteiger partial charge in [0.15, 0.2) is 5.16 Å². The molecular formula is C14H15N3OS. The van der Waals surface area contributed by atoms with Gasteiger partial charge in [-0.25, -0.2) is 4.98 Å². The molecule has 0 unspecified atom stereocenters. The first kappa shape index (κ1) is 15.0. The molecule has 0 radical (unpaired) electrons. The second-order valence-electron chi connectivity index (χ2n) is 3.28. The maximum Gasteiger partial charge on any atom is 0.270 e. The van der Waals surface area contributed by atoms with E-state index in [1.54, 1.807) is 0 Å². The summed E-state index contributed by atoms with van der Waals surface area (Å²) in [5.74, 6) is 0. The first-order chi connectivity index (χ1) is 9.26. The quantitative estimate of drug-likeness (QED) is 0.674. The van der Waals surface area contributed by atoms with Crippen molar-refractivity contribution >= 4 is 11.8 Å². The molecule has 0 saturated carbocycles. The van der Waals surface area contributed by atoms with Gasteiger partial charge in [0.25, 0.3) is 5.56 Å². The minimum Gasteiger partial charge on any atom is -0.300 e. The van der Waals surface area contributed by atoms with E-state index < -0.39 is 5.56 Å². The summed E-state index contributed by atoms with van der Waals surface area (Å²) < 4.78 is 0. The molecule has 98 valence electrons. The second-order valence-corrected chi connectivity index (χ2v) is 4.07. The van der Waals surface area contributed by atoms with Crippen molar-refractivity contribution in [2.24, 2.45) is 0 Å². The first-order valence-corrected chi connectivity index (χ1v) is 7.12. The summed E-state index contributed by atoms with van der Waals surface area (Å²) in [6, 6.07) is 11.1. The molecule has 0 bridgehead atoms. The molecule has 0 aliphatic rings. The Labute approximate surface area is 116 Å². The summed E-state index contributed by atoms with van der Waals surface area (Å²) in [4.78, 5) is 18.5. The number of nitrogens with one attached hydrogen (secondary N) is 1. The normalized spacial score (nSPS) is 9.16. The highest BCUT2D eigenvalue weighted by molar-refractivity contribution is 7.98. The van der Waals surface area contributed by atoms with Gasteiger partial charge in [-0.1, -0.05) is 55.9 Å². The topological polar surface area (TPSA) is 69.5 Å². The highest BCUT2D eigenvalue weighted by Crippen LogP contribution is 2.20. The summed E-state index contributed by atoms with van der Waals surface area (Å²) in [7, 11) is 0. The van der Waals surface area contributed by atoms with E-state index in [4.69, 9.17) is 5.26 Å². The van der Waals surface area contributed by atoms with E-state index in [9.17, 15) is 4.79 Å². The zero-order valence-corrected chi connectivity index (χ0v) is 11.9. The lowest BCUT2D eigenvalue weighted by Gasteiger charge is -2.04. The fourth-order valence-corrected chi connectivity index (χ4v) is 1.84. The maximum absolute atomic E-state index is 11.7. The predicted molar refractivity (Wildman–Crippen MR) is 78.1 cm³/mol. The Morgan fingerprint density at radius 1 is 1.26 bits per heavy atom. The predicted octanol–water partition coefficient (Wildman–Crippen LogP) is 3.06. The smallest absolute Gasteiger partial charge is 0.270 e. The number of hydrogen-bond donors (Lipinski definition) is 1. The van der Waals surface area contributed by atoms with Crippen LogP contribution in [0.4, 0.5) is 0 Å². The van der Waals surface area contributed by atoms with Gasteiger partial charge < -0.3 is 4.98 Å². The van der Waals surface area contributed by atoms with Gasteiger partial charge in [-0.05, 0) is 6.26 Å². The van der Waals surface area contributed by atoms with Crippen molar-refractivity contribution in [3.8, 4) is 17.3 Å². The molecule has 0 spiro atoms. The molecule has 0 aliphatic heterocycles. The third-order valence-electron chi connectivity index (χ3n) is 2.25. The first-order valence-electron chi connectivity index (χ1n) is 5.90. The third-order valence-corrected chi connectivity index (χ3v) is 2.83. The second kappa shape index (κ2) is 7.39. The molecule has 2 aromatic rings. The van der Waals surface area contributed by atoms with Gasteiger partial charge in [-0.15, -0.1) is 0 Å². The third kappa shape index (κ3) is 3.46. The SMILES string of the molecule is CC.CSc1nc(-c2ccccc2)c(C#N)c(=O)[nH]1. The number of aromatic amines is 1. The lowest BCUT2D eigenvalue weighted by Crippen LogP contribution is -2.14. The molecule has 1 aromatic carbocycles. The molecule has 0 amide bonds. The lowest BCUT2D eigenvalue weighted by atomic mass is 10.1. The lowest BCUT2D eigenvalue weighted by molar-refractivity contribution is 0.937. The van der Waals surface area contributed by atoms with Gasteiger partial charge in [-0.2, -0.15) is 5.26 Å². The number of nitrogens with zero attached hydrogens (tertiary/aromatic N) is 2. The van der Waals surface area contributed by atoms with Crippen molar-refractivity contribution < 1.29 is 0 Å². The van der Waals surface area contributed by atoms with Gasteiger partial charge in [0.05, 0.1) is 5.69 Å². The van der Waals surface area contributed by atoms with Crippen molar-refractivity contribution in [1.82, 2.24) is 9.97 Å². The standard InChI is InChI=1S/C12H9N3OS.C2H6/c1-17-12-14-10(8-5-3-2-4-6-8)9(7-13)11(16)15-12;1-2/h2-6H,1H3,(H,14,15,16);1-2H3. The van der Waals surface area contributed by atoms with Crippen LogP contribution in [0, 0.1) is 11.3 Å². The highest BCUT2D eigenvalue weighted by Gasteiger charge is 2.12. The fraction of sp³-hybridized carbons (Fsp3) is 0.214. The van der Waals surface area contributed by atoms with Crippen molar-refractivity contribution in [2.75, 3.05) is 6.26 Å². The summed E-state index contributed by atoms with van der Waals surface area (Å²) in [6.45, 7) is 4.00. The summed E-state index contributed by atoms with van der Waals surface area (Å²) in [5.41, 5.74) is 0.853. The Balaban J connectivity index is 0.000000861. The molecule has 4 nitrogen and oxygen atoms in total. The summed E-state index contributed by atoms with van der Waals surface area (Å²) >= 11 is 1.33. The van der Waals surface area contributed by atoms with Crippen LogP contribution in [0.1, 0.15) is 19.4 Å². The molecule has 0 fully saturated rings. The van der Waals surface area contributed by atoms with Crippen LogP contribution in [0.15, 0.2) is 40.3 Å². The van der Waals surface area contributed by atoms with E-state index in [2.05, 4.69) is 9.97 Å². The molecule has 0 aliphatic carbocycles. The Bertz CT molecular complexity index is 629. The van der Waals surface area contributed by atoms with E-state index in [-0.39, 0.29) is 5.56 Å². The van der Waals surface area contributed by atoms with E-state index in [1.807, 2.05) is 56.5 Å².